The van der Waals surface area contributed by atoms with Crippen molar-refractivity contribution in [3.8, 4) is 0 Å². The van der Waals surface area contributed by atoms with Crippen LogP contribution < -0.4 is 16.0 Å². The van der Waals surface area contributed by atoms with Gasteiger partial charge in [0.15, 0.2) is 0 Å². The number of amidine groups is 1. The lowest BCUT2D eigenvalue weighted by molar-refractivity contribution is -0.142. The van der Waals surface area contributed by atoms with E-state index >= 15 is 0 Å². The van der Waals surface area contributed by atoms with Gasteiger partial charge in [-0.15, -0.1) is 0 Å². The van der Waals surface area contributed by atoms with E-state index in [1.165, 1.54) is 12.1 Å². The molecule has 0 amide bonds. The van der Waals surface area contributed by atoms with Gasteiger partial charge in [-0.25, -0.2) is 9.97 Å². The number of nitrogen functional groups attached to an aromatic ring is 1. The molecular formula is C38H47N7O9S. The van der Waals surface area contributed by atoms with Gasteiger partial charge in [0, 0.05) is 31.0 Å². The van der Waals surface area contributed by atoms with E-state index in [0.29, 0.717) is 29.0 Å². The number of imidazole rings is 1. The first-order valence-corrected chi connectivity index (χ1v) is 18.7. The normalized spacial score (nSPS) is 13.5. The molecule has 5 rings (SSSR count). The number of anilines is 2. The van der Waals surface area contributed by atoms with E-state index in [0.717, 1.165) is 22.6 Å². The number of aliphatic hydroxyl groups excluding tert-OH is 4. The van der Waals surface area contributed by atoms with Crippen LogP contribution in [0, 0.1) is 12.3 Å². The average Bonchev–Trinajstić information content (AvgIpc) is 3.49. The summed E-state index contributed by atoms with van der Waals surface area (Å²) in [5.74, 6) is 0.704. The number of fused-ring (bicyclic) bond motifs is 1. The number of aryl methyl sites for hydroxylation is 2. The van der Waals surface area contributed by atoms with Crippen molar-refractivity contribution in [3.63, 3.8) is 0 Å². The maximum Gasteiger partial charge on any atom is 0.307 e. The highest BCUT2D eigenvalue weighted by Crippen LogP contribution is 2.33. The molecule has 5 aromatic rings. The molecule has 0 spiro atoms. The molecule has 2 aromatic heterocycles. The van der Waals surface area contributed by atoms with Crippen LogP contribution in [-0.2, 0) is 33.2 Å². The van der Waals surface area contributed by atoms with Gasteiger partial charge in [-0.2, -0.15) is 8.42 Å². The first-order chi connectivity index (χ1) is 26.1. The van der Waals surface area contributed by atoms with Crippen molar-refractivity contribution in [2.24, 2.45) is 12.8 Å². The van der Waals surface area contributed by atoms with Gasteiger partial charge in [0.25, 0.3) is 10.1 Å². The molecule has 3 aromatic carbocycles. The largest absolute Gasteiger partial charge is 0.466 e. The summed E-state index contributed by atoms with van der Waals surface area (Å²) in [7, 11) is -2.13. The number of ether oxygens (including phenoxy) is 1. The Kier molecular flexibility index (Phi) is 14.8. The Morgan fingerprint density at radius 3 is 2.29 bits per heavy atom. The van der Waals surface area contributed by atoms with E-state index in [-0.39, 0.29) is 30.3 Å². The third-order valence-electron chi connectivity index (χ3n) is 8.70. The van der Waals surface area contributed by atoms with Crippen LogP contribution in [0.25, 0.3) is 11.0 Å². The van der Waals surface area contributed by atoms with E-state index in [9.17, 15) is 33.6 Å². The Morgan fingerprint density at radius 2 is 1.71 bits per heavy atom. The first kappa shape index (κ1) is 42.3. The van der Waals surface area contributed by atoms with Crippen LogP contribution in [-0.4, -0.2) is 97.8 Å². The number of aromatic nitrogens is 3. The molecule has 0 aliphatic rings. The predicted molar refractivity (Wildman–Crippen MR) is 207 cm³/mol. The minimum atomic E-state index is -4.02. The summed E-state index contributed by atoms with van der Waals surface area (Å²) in [4.78, 5) is 23.2. The van der Waals surface area contributed by atoms with Gasteiger partial charge < -0.3 is 45.7 Å². The summed E-state index contributed by atoms with van der Waals surface area (Å²) in [6.45, 7) is 3.49. The van der Waals surface area contributed by atoms with Gasteiger partial charge in [0.1, 0.15) is 35.8 Å². The fourth-order valence-corrected chi connectivity index (χ4v) is 6.20. The fraction of sp³-hybridized carbons (Fsp3) is 0.316. The highest BCUT2D eigenvalue weighted by atomic mass is 32.2. The summed E-state index contributed by atoms with van der Waals surface area (Å²) in [6.07, 6.45) is -3.37. The molecule has 0 radical (unpaired) electrons. The highest BCUT2D eigenvalue weighted by molar-refractivity contribution is 7.85. The Morgan fingerprint density at radius 1 is 1.02 bits per heavy atom. The molecule has 0 fully saturated rings. The quantitative estimate of drug-likeness (QED) is 0.0310. The zero-order valence-corrected chi connectivity index (χ0v) is 31.5. The summed E-state index contributed by atoms with van der Waals surface area (Å²) in [6, 6.07) is 22.8. The molecule has 0 aliphatic heterocycles. The number of nitrogens with one attached hydrogen (secondary N) is 2. The van der Waals surface area contributed by atoms with Gasteiger partial charge in [0.2, 0.25) is 0 Å². The van der Waals surface area contributed by atoms with E-state index in [1.807, 2.05) is 36.7 Å². The number of nitrogens with zero attached hydrogens (tertiary/aromatic N) is 4. The third kappa shape index (κ3) is 11.3. The second-order valence-corrected chi connectivity index (χ2v) is 14.0. The molecule has 0 aliphatic carbocycles. The number of aliphatic hydroxyl groups is 4. The molecule has 4 atom stereocenters. The molecule has 0 bridgehead atoms. The molecule has 16 nitrogen and oxygen atoms in total. The predicted octanol–water partition coefficient (Wildman–Crippen LogP) is 2.68. The number of carbonyl (C=O) groups is 1. The van der Waals surface area contributed by atoms with Crippen LogP contribution in [0.15, 0.2) is 96.0 Å². The monoisotopic (exact) mass is 777 g/mol. The van der Waals surface area contributed by atoms with Crippen LogP contribution >= 0.6 is 0 Å². The van der Waals surface area contributed by atoms with Gasteiger partial charge in [-0.1, -0.05) is 29.8 Å². The molecule has 0 saturated carbocycles. The summed E-state index contributed by atoms with van der Waals surface area (Å²) in [5, 5.41) is 52.9. The standard InChI is InChI=1S/C31H39N7O6.C7H8O3S/c1-3-44-27(41)13-15-38(25-6-4-5-14-34-25)28(30(43)29(42)24(40)18-39)20-9-12-23-22(16-20)36-26(37(23)2)17-35-21-10-7-19(8-11-21)31(32)33;1-6-2-4-7(5-3-6)11(8,9)10/h4-12,14,16,24,28-30,35,39-40,42-43H,3,13,15,17-18H2,1-2H3,(H3,32,33);2-5H,1H3,(H,8,9,10)/t24-,28?,29-,30-;/m1./s1. The van der Waals surface area contributed by atoms with Gasteiger partial charge >= 0.3 is 5.97 Å². The highest BCUT2D eigenvalue weighted by Gasteiger charge is 2.37. The topological polar surface area (TPSA) is 257 Å². The summed E-state index contributed by atoms with van der Waals surface area (Å²) >= 11 is 0. The first-order valence-electron chi connectivity index (χ1n) is 17.3. The number of pyridine rings is 1. The van der Waals surface area contributed by atoms with Crippen molar-refractivity contribution in [3.05, 3.63) is 114 Å². The molecule has 0 saturated heterocycles. The third-order valence-corrected chi connectivity index (χ3v) is 9.57. The molecule has 294 valence electrons. The summed E-state index contributed by atoms with van der Waals surface area (Å²) in [5.41, 5.74) is 9.94. The molecular weight excluding hydrogens is 731 g/mol. The average molecular weight is 778 g/mol. The molecule has 2 heterocycles. The molecule has 55 heavy (non-hydrogen) atoms. The van der Waals surface area contributed by atoms with E-state index in [1.54, 1.807) is 72.6 Å². The lowest BCUT2D eigenvalue weighted by atomic mass is 9.93. The van der Waals surface area contributed by atoms with Crippen LogP contribution in [0.1, 0.15) is 41.9 Å². The Balaban J connectivity index is 0.000000525. The zero-order valence-electron chi connectivity index (χ0n) is 30.6. The van der Waals surface area contributed by atoms with E-state index in [2.05, 4.69) is 10.3 Å². The van der Waals surface area contributed by atoms with Crippen molar-refractivity contribution in [2.75, 3.05) is 30.0 Å². The number of rotatable bonds is 16. The van der Waals surface area contributed by atoms with Crippen molar-refractivity contribution >= 4 is 44.5 Å². The lowest BCUT2D eigenvalue weighted by Gasteiger charge is -2.38. The number of nitrogens with two attached hydrogens (primary N) is 1. The maximum atomic E-state index is 12.3. The number of hydrogen-bond donors (Lipinski definition) is 8. The van der Waals surface area contributed by atoms with Crippen molar-refractivity contribution < 1.29 is 42.9 Å². The van der Waals surface area contributed by atoms with Gasteiger partial charge in [-0.05, 0) is 80.1 Å². The van der Waals surface area contributed by atoms with Gasteiger partial charge in [-0.3, -0.25) is 14.8 Å². The molecule has 1 unspecified atom stereocenters. The second kappa shape index (κ2) is 19.2. The smallest absolute Gasteiger partial charge is 0.307 e. The van der Waals surface area contributed by atoms with Crippen LogP contribution in [0.3, 0.4) is 0 Å². The second-order valence-electron chi connectivity index (χ2n) is 12.6. The number of esters is 1. The van der Waals surface area contributed by atoms with Crippen LogP contribution in [0.4, 0.5) is 11.5 Å². The minimum Gasteiger partial charge on any atom is -0.466 e. The number of hydrogen-bond acceptors (Lipinski definition) is 13. The number of carbonyl (C=O) groups excluding carboxylic acids is 1. The zero-order chi connectivity index (χ0) is 40.3. The van der Waals surface area contributed by atoms with Crippen molar-refractivity contribution in [1.29, 1.82) is 5.41 Å². The van der Waals surface area contributed by atoms with Crippen molar-refractivity contribution in [2.45, 2.75) is 56.1 Å². The Hall–Kier alpha value is -5.43. The van der Waals surface area contributed by atoms with E-state index < -0.39 is 47.0 Å². The summed E-state index contributed by atoms with van der Waals surface area (Å²) < 4.78 is 36.6. The Bertz CT molecular complexity index is 2130. The Labute approximate surface area is 319 Å². The molecule has 17 heteroatoms. The number of benzene rings is 3. The molecule has 9 N–H and O–H groups in total. The van der Waals surface area contributed by atoms with Crippen LogP contribution in [0.2, 0.25) is 0 Å². The SMILES string of the molecule is CCOC(=O)CCN(c1ccccn1)C(c1ccc2c(c1)nc(CNc1ccc(C(=N)N)cc1)n2C)[C@@H](O)[C@H](O)[C@H](O)CO.Cc1ccc(S(=O)(=O)O)cc1. The van der Waals surface area contributed by atoms with Crippen LogP contribution in [0.5, 0.6) is 0 Å². The maximum absolute atomic E-state index is 12.3. The lowest BCUT2D eigenvalue weighted by Crippen LogP contribution is -2.48. The minimum absolute atomic E-state index is 0.00739. The fourth-order valence-electron chi connectivity index (χ4n) is 5.72. The van der Waals surface area contributed by atoms with Gasteiger partial charge in [0.05, 0.1) is 48.2 Å². The van der Waals surface area contributed by atoms with Crippen molar-refractivity contribution in [1.82, 2.24) is 14.5 Å². The van der Waals surface area contributed by atoms with E-state index in [4.69, 9.17) is 25.4 Å².